The van der Waals surface area contributed by atoms with Crippen molar-refractivity contribution in [3.05, 3.63) is 48.0 Å². The first-order valence-corrected chi connectivity index (χ1v) is 7.29. The van der Waals surface area contributed by atoms with Crippen molar-refractivity contribution in [2.24, 2.45) is 7.05 Å². The van der Waals surface area contributed by atoms with Crippen LogP contribution < -0.4 is 5.73 Å². The van der Waals surface area contributed by atoms with Crippen LogP contribution in [0.25, 0.3) is 22.4 Å². The Bertz CT molecular complexity index is 835. The van der Waals surface area contributed by atoms with Gasteiger partial charge in [-0.05, 0) is 18.2 Å². The van der Waals surface area contributed by atoms with Gasteiger partial charge in [-0.25, -0.2) is 4.98 Å². The van der Waals surface area contributed by atoms with E-state index in [9.17, 15) is 0 Å². The van der Waals surface area contributed by atoms with Crippen LogP contribution in [-0.4, -0.2) is 22.8 Å². The van der Waals surface area contributed by atoms with Crippen molar-refractivity contribution in [2.75, 3.05) is 18.9 Å². The number of hydrogen-bond donors (Lipinski definition) is 1. The lowest BCUT2D eigenvalue weighted by molar-refractivity contribution is -0.0431. The van der Waals surface area contributed by atoms with E-state index in [1.165, 1.54) is 0 Å². The van der Waals surface area contributed by atoms with Gasteiger partial charge in [-0.3, -0.25) is 0 Å². The lowest BCUT2D eigenvalue weighted by atomic mass is 10.1. The van der Waals surface area contributed by atoms with Crippen molar-refractivity contribution in [3.63, 3.8) is 0 Å². The summed E-state index contributed by atoms with van der Waals surface area (Å²) < 4.78 is 13.3. The molecule has 2 N–H and O–H groups in total. The molecule has 112 valence electrons. The molecule has 5 heteroatoms. The maximum Gasteiger partial charge on any atom is 0.186 e. The minimum absolute atomic E-state index is 0.334. The third kappa shape index (κ3) is 1.98. The molecule has 2 aromatic carbocycles. The molecule has 3 aromatic rings. The Hall–Kier alpha value is -2.37. The summed E-state index contributed by atoms with van der Waals surface area (Å²) in [7, 11) is 2.00. The van der Waals surface area contributed by atoms with Crippen LogP contribution in [0.2, 0.25) is 0 Å². The first-order valence-electron chi connectivity index (χ1n) is 7.29. The summed E-state index contributed by atoms with van der Waals surface area (Å²) in [4.78, 5) is 4.81. The Morgan fingerprint density at radius 2 is 1.86 bits per heavy atom. The van der Waals surface area contributed by atoms with Gasteiger partial charge >= 0.3 is 0 Å². The molecule has 0 atom stereocenters. The summed E-state index contributed by atoms with van der Waals surface area (Å²) in [5.41, 5.74) is 10.6. The molecular weight excluding hydrogens is 278 g/mol. The van der Waals surface area contributed by atoms with E-state index in [2.05, 4.69) is 4.57 Å². The normalized spacial score (nSPS) is 15.7. The number of aromatic nitrogens is 2. The molecule has 0 radical (unpaired) electrons. The molecule has 1 aliphatic rings. The van der Waals surface area contributed by atoms with Gasteiger partial charge in [0.1, 0.15) is 5.82 Å². The van der Waals surface area contributed by atoms with Gasteiger partial charge in [-0.15, -0.1) is 0 Å². The fourth-order valence-electron chi connectivity index (χ4n) is 2.91. The first kappa shape index (κ1) is 13.3. The molecule has 5 nitrogen and oxygen atoms in total. The number of imidazole rings is 1. The molecule has 0 spiro atoms. The maximum atomic E-state index is 6.10. The van der Waals surface area contributed by atoms with Crippen molar-refractivity contribution in [3.8, 4) is 11.4 Å². The lowest BCUT2D eigenvalue weighted by Crippen LogP contribution is -1.99. The maximum absolute atomic E-state index is 6.10. The van der Waals surface area contributed by atoms with Gasteiger partial charge in [0.05, 0.1) is 24.2 Å². The molecule has 0 bridgehead atoms. The van der Waals surface area contributed by atoms with Crippen LogP contribution in [0, 0.1) is 0 Å². The van der Waals surface area contributed by atoms with Crippen LogP contribution in [0.1, 0.15) is 11.9 Å². The number of ether oxygens (including phenoxy) is 2. The summed E-state index contributed by atoms with van der Waals surface area (Å²) in [5, 5.41) is 0. The van der Waals surface area contributed by atoms with Gasteiger partial charge in [0, 0.05) is 23.9 Å². The number of hydrogen-bond acceptors (Lipinski definition) is 4. The van der Waals surface area contributed by atoms with Gasteiger partial charge in [-0.1, -0.05) is 24.3 Å². The molecule has 1 aliphatic heterocycles. The highest BCUT2D eigenvalue weighted by atomic mass is 16.7. The van der Waals surface area contributed by atoms with E-state index >= 15 is 0 Å². The van der Waals surface area contributed by atoms with Gasteiger partial charge in [0.15, 0.2) is 6.29 Å². The van der Waals surface area contributed by atoms with E-state index in [0.29, 0.717) is 13.2 Å². The van der Waals surface area contributed by atoms with Crippen molar-refractivity contribution < 1.29 is 9.47 Å². The molecule has 0 amide bonds. The van der Waals surface area contributed by atoms with E-state index in [1.807, 2.05) is 49.5 Å². The fraction of sp³-hybridized carbons (Fsp3) is 0.235. The van der Waals surface area contributed by atoms with Crippen molar-refractivity contribution >= 4 is 16.7 Å². The quantitative estimate of drug-likeness (QED) is 0.738. The van der Waals surface area contributed by atoms with Crippen LogP contribution in [0.4, 0.5) is 5.69 Å². The highest BCUT2D eigenvalue weighted by Crippen LogP contribution is 2.33. The zero-order chi connectivity index (χ0) is 15.1. The summed E-state index contributed by atoms with van der Waals surface area (Å²) >= 11 is 0. The van der Waals surface area contributed by atoms with E-state index in [0.717, 1.165) is 33.7 Å². The van der Waals surface area contributed by atoms with Gasteiger partial charge in [-0.2, -0.15) is 0 Å². The summed E-state index contributed by atoms with van der Waals surface area (Å²) in [5.74, 6) is 0.846. The predicted octanol–water partition coefficient (Wildman–Crippen LogP) is 2.87. The topological polar surface area (TPSA) is 62.3 Å². The number of nitrogens with two attached hydrogens (primary N) is 1. The summed E-state index contributed by atoms with van der Waals surface area (Å²) in [6, 6.07) is 13.8. The Kier molecular flexibility index (Phi) is 3.10. The third-order valence-electron chi connectivity index (χ3n) is 4.02. The van der Waals surface area contributed by atoms with Gasteiger partial charge in [0.2, 0.25) is 0 Å². The number of aryl methyl sites for hydroxylation is 1. The number of rotatable bonds is 2. The van der Waals surface area contributed by atoms with Gasteiger partial charge < -0.3 is 19.8 Å². The zero-order valence-electron chi connectivity index (χ0n) is 12.3. The van der Waals surface area contributed by atoms with Crippen molar-refractivity contribution in [1.29, 1.82) is 0 Å². The largest absolute Gasteiger partial charge is 0.398 e. The fourth-order valence-corrected chi connectivity index (χ4v) is 2.91. The Balaban J connectivity index is 1.93. The minimum atomic E-state index is -0.334. The number of para-hydroxylation sites is 2. The highest BCUT2D eigenvalue weighted by molar-refractivity contribution is 5.85. The molecule has 22 heavy (non-hydrogen) atoms. The lowest BCUT2D eigenvalue weighted by Gasteiger charge is -2.09. The highest BCUT2D eigenvalue weighted by Gasteiger charge is 2.23. The molecule has 0 aliphatic carbocycles. The smallest absolute Gasteiger partial charge is 0.186 e. The van der Waals surface area contributed by atoms with Gasteiger partial charge in [0.25, 0.3) is 0 Å². The van der Waals surface area contributed by atoms with Crippen LogP contribution in [-0.2, 0) is 16.5 Å². The molecular formula is C17H17N3O2. The monoisotopic (exact) mass is 295 g/mol. The van der Waals surface area contributed by atoms with Crippen LogP contribution in [0.15, 0.2) is 42.5 Å². The van der Waals surface area contributed by atoms with E-state index < -0.39 is 0 Å². The molecule has 1 saturated heterocycles. The third-order valence-corrected chi connectivity index (χ3v) is 4.02. The Morgan fingerprint density at radius 1 is 1.09 bits per heavy atom. The molecule has 0 unspecified atom stereocenters. The Labute approximate surface area is 128 Å². The average molecular weight is 295 g/mol. The minimum Gasteiger partial charge on any atom is -0.398 e. The first-order chi connectivity index (χ1) is 10.8. The average Bonchev–Trinajstić information content (AvgIpc) is 3.17. The standard InChI is InChI=1S/C17H17N3O2/c1-20-14-8-4-6-12(17-21-9-10-22-17)15(14)19-16(20)11-5-2-3-7-13(11)18/h2-8,17H,9-10,18H2,1H3. The second-order valence-corrected chi connectivity index (χ2v) is 5.37. The number of anilines is 1. The molecule has 4 rings (SSSR count). The van der Waals surface area contributed by atoms with Crippen LogP contribution in [0.5, 0.6) is 0 Å². The number of nitrogens with zero attached hydrogens (tertiary/aromatic N) is 2. The SMILES string of the molecule is Cn1c(-c2ccccc2N)nc2c(C3OCCO3)cccc21. The second kappa shape index (κ2) is 5.12. The number of benzene rings is 2. The molecule has 2 heterocycles. The van der Waals surface area contributed by atoms with Crippen LogP contribution in [0.3, 0.4) is 0 Å². The predicted molar refractivity (Wildman–Crippen MR) is 85.2 cm³/mol. The van der Waals surface area contributed by atoms with E-state index in [1.54, 1.807) is 0 Å². The van der Waals surface area contributed by atoms with E-state index in [-0.39, 0.29) is 6.29 Å². The zero-order valence-corrected chi connectivity index (χ0v) is 12.3. The van der Waals surface area contributed by atoms with E-state index in [4.69, 9.17) is 20.2 Å². The summed E-state index contributed by atoms with van der Waals surface area (Å²) in [6.45, 7) is 1.23. The summed E-state index contributed by atoms with van der Waals surface area (Å²) in [6.07, 6.45) is -0.334. The second-order valence-electron chi connectivity index (χ2n) is 5.37. The molecule has 1 aromatic heterocycles. The van der Waals surface area contributed by atoms with Crippen LogP contribution >= 0.6 is 0 Å². The number of nitrogen functional groups attached to an aromatic ring is 1. The van der Waals surface area contributed by atoms with Crippen molar-refractivity contribution in [1.82, 2.24) is 9.55 Å². The molecule has 1 fully saturated rings. The number of fused-ring (bicyclic) bond motifs is 1. The molecule has 0 saturated carbocycles. The van der Waals surface area contributed by atoms with Crippen molar-refractivity contribution in [2.45, 2.75) is 6.29 Å². The Morgan fingerprint density at radius 3 is 2.64 bits per heavy atom.